The molecule has 36 heavy (non-hydrogen) atoms. The van der Waals surface area contributed by atoms with Gasteiger partial charge in [0.1, 0.15) is 22.4 Å². The summed E-state index contributed by atoms with van der Waals surface area (Å²) in [6.45, 7) is 1.86. The third-order valence-corrected chi connectivity index (χ3v) is 7.79. The van der Waals surface area contributed by atoms with Gasteiger partial charge >= 0.3 is 0 Å². The number of amides is 2. The van der Waals surface area contributed by atoms with E-state index in [1.807, 2.05) is 25.1 Å². The zero-order chi connectivity index (χ0) is 25.8. The van der Waals surface area contributed by atoms with Gasteiger partial charge in [0.05, 0.1) is 22.4 Å². The van der Waals surface area contributed by atoms with Crippen LogP contribution < -0.4 is 15.0 Å². The van der Waals surface area contributed by atoms with Crippen LogP contribution >= 0.6 is 35.0 Å². The number of hydrogen-bond donors (Lipinski definition) is 1. The highest BCUT2D eigenvalue weighted by atomic mass is 35.5. The predicted octanol–water partition coefficient (Wildman–Crippen LogP) is 6.38. The van der Waals surface area contributed by atoms with Crippen LogP contribution in [0, 0.1) is 18.3 Å². The summed E-state index contributed by atoms with van der Waals surface area (Å²) in [6, 6.07) is 21.4. The van der Waals surface area contributed by atoms with Crippen molar-refractivity contribution in [1.82, 2.24) is 0 Å². The molecule has 1 aliphatic rings. The van der Waals surface area contributed by atoms with Crippen LogP contribution in [0.3, 0.4) is 0 Å². The minimum absolute atomic E-state index is 0.160. The average Bonchev–Trinajstić information content (AvgIpc) is 3.19. The standard InChI is InChI=1S/C27H21Cl2N3O3S/c1-16-6-3-4-9-22(16)31-25(33)20(15-30)27-32(18-10-12-19(35-2)13-11-18)26(34)23(36-27)14-17-7-5-8-21(28)24(17)29/h3-13,23H,14H2,1-2H3,(H,31,33)/b27-20-. The number of nitrogens with one attached hydrogen (secondary N) is 1. The van der Waals surface area contributed by atoms with Crippen LogP contribution in [0.15, 0.2) is 77.3 Å². The monoisotopic (exact) mass is 537 g/mol. The van der Waals surface area contributed by atoms with Crippen LogP contribution in [-0.2, 0) is 16.0 Å². The number of nitriles is 1. The second-order valence-electron chi connectivity index (χ2n) is 7.96. The summed E-state index contributed by atoms with van der Waals surface area (Å²) in [6.07, 6.45) is 0.275. The second-order valence-corrected chi connectivity index (χ2v) is 9.93. The third-order valence-electron chi connectivity index (χ3n) is 5.67. The van der Waals surface area contributed by atoms with Crippen LogP contribution in [-0.4, -0.2) is 24.2 Å². The largest absolute Gasteiger partial charge is 0.497 e. The number of benzene rings is 3. The Balaban J connectivity index is 1.76. The predicted molar refractivity (Wildman–Crippen MR) is 144 cm³/mol. The molecule has 0 saturated carbocycles. The maximum Gasteiger partial charge on any atom is 0.269 e. The van der Waals surface area contributed by atoms with E-state index in [0.717, 1.165) is 17.3 Å². The van der Waals surface area contributed by atoms with Crippen molar-refractivity contribution in [3.8, 4) is 11.8 Å². The topological polar surface area (TPSA) is 82.4 Å². The number of carbonyl (C=O) groups excluding carboxylic acids is 2. The molecule has 1 aliphatic heterocycles. The van der Waals surface area contributed by atoms with Crippen LogP contribution in [0.2, 0.25) is 10.0 Å². The van der Waals surface area contributed by atoms with Crippen molar-refractivity contribution in [2.45, 2.75) is 18.6 Å². The first-order valence-corrected chi connectivity index (χ1v) is 12.6. The minimum atomic E-state index is -0.618. The summed E-state index contributed by atoms with van der Waals surface area (Å²) >= 11 is 13.7. The fourth-order valence-corrected chi connectivity index (χ4v) is 5.45. The van der Waals surface area contributed by atoms with Crippen LogP contribution in [0.4, 0.5) is 11.4 Å². The molecular formula is C27H21Cl2N3O3S. The highest BCUT2D eigenvalue weighted by Crippen LogP contribution is 2.43. The average molecular weight is 538 g/mol. The molecule has 0 aliphatic carbocycles. The van der Waals surface area contributed by atoms with E-state index in [1.165, 1.54) is 4.90 Å². The Morgan fingerprint density at radius 2 is 1.83 bits per heavy atom. The van der Waals surface area contributed by atoms with E-state index in [-0.39, 0.29) is 22.9 Å². The van der Waals surface area contributed by atoms with Crippen molar-refractivity contribution < 1.29 is 14.3 Å². The van der Waals surface area contributed by atoms with Crippen LogP contribution in [0.25, 0.3) is 0 Å². The summed E-state index contributed by atoms with van der Waals surface area (Å²) in [5.41, 5.74) is 2.49. The zero-order valence-electron chi connectivity index (χ0n) is 19.4. The first-order chi connectivity index (χ1) is 17.3. The summed E-state index contributed by atoms with van der Waals surface area (Å²) in [5, 5.41) is 13.2. The number of aryl methyl sites for hydroxylation is 1. The number of ether oxygens (including phenoxy) is 1. The Morgan fingerprint density at radius 3 is 2.50 bits per heavy atom. The molecule has 1 unspecified atom stereocenters. The van der Waals surface area contributed by atoms with Crippen molar-refractivity contribution in [1.29, 1.82) is 5.26 Å². The smallest absolute Gasteiger partial charge is 0.269 e. The van der Waals surface area contributed by atoms with Crippen molar-refractivity contribution >= 4 is 58.2 Å². The lowest BCUT2D eigenvalue weighted by molar-refractivity contribution is -0.117. The Kier molecular flexibility index (Phi) is 7.90. The van der Waals surface area contributed by atoms with E-state index in [4.69, 9.17) is 27.9 Å². The van der Waals surface area contributed by atoms with Gasteiger partial charge in [-0.1, -0.05) is 65.3 Å². The zero-order valence-corrected chi connectivity index (χ0v) is 21.7. The van der Waals surface area contributed by atoms with Gasteiger partial charge in [-0.25, -0.2) is 0 Å². The highest BCUT2D eigenvalue weighted by Gasteiger charge is 2.41. The van der Waals surface area contributed by atoms with Crippen LogP contribution in [0.1, 0.15) is 11.1 Å². The summed E-state index contributed by atoms with van der Waals surface area (Å²) in [7, 11) is 1.55. The molecule has 3 aromatic rings. The van der Waals surface area contributed by atoms with E-state index in [9.17, 15) is 14.9 Å². The lowest BCUT2D eigenvalue weighted by atomic mass is 10.1. The van der Waals surface area contributed by atoms with E-state index < -0.39 is 11.2 Å². The van der Waals surface area contributed by atoms with Gasteiger partial charge in [-0.05, 0) is 60.9 Å². The normalized spacial score (nSPS) is 16.5. The molecule has 182 valence electrons. The van der Waals surface area contributed by atoms with E-state index in [2.05, 4.69) is 5.32 Å². The summed E-state index contributed by atoms with van der Waals surface area (Å²) in [5.74, 6) is -0.252. The molecule has 1 N–H and O–H groups in total. The fraction of sp³-hybridized carbons (Fsp3) is 0.148. The molecule has 6 nitrogen and oxygen atoms in total. The number of hydrogen-bond acceptors (Lipinski definition) is 5. The summed E-state index contributed by atoms with van der Waals surface area (Å²) < 4.78 is 5.23. The Morgan fingerprint density at radius 1 is 1.11 bits per heavy atom. The molecule has 1 atom stereocenters. The molecule has 0 bridgehead atoms. The molecule has 1 saturated heterocycles. The van der Waals surface area contributed by atoms with Crippen molar-refractivity contribution in [2.24, 2.45) is 0 Å². The molecule has 0 aromatic heterocycles. The molecule has 2 amide bonds. The third kappa shape index (κ3) is 5.21. The lowest BCUT2D eigenvalue weighted by Gasteiger charge is -2.19. The fourth-order valence-electron chi connectivity index (χ4n) is 3.76. The highest BCUT2D eigenvalue weighted by molar-refractivity contribution is 8.05. The number of methoxy groups -OCH3 is 1. The Hall–Kier alpha value is -3.44. The van der Waals surface area contributed by atoms with Gasteiger partial charge < -0.3 is 10.1 Å². The van der Waals surface area contributed by atoms with Crippen LogP contribution in [0.5, 0.6) is 5.75 Å². The number of halogens is 2. The number of anilines is 2. The molecule has 1 heterocycles. The van der Waals surface area contributed by atoms with Gasteiger partial charge in [-0.2, -0.15) is 5.26 Å². The first-order valence-electron chi connectivity index (χ1n) is 10.9. The van der Waals surface area contributed by atoms with E-state index in [0.29, 0.717) is 32.7 Å². The van der Waals surface area contributed by atoms with Crippen molar-refractivity contribution in [3.05, 3.63) is 98.5 Å². The molecule has 0 radical (unpaired) electrons. The Labute approximate surface area is 223 Å². The van der Waals surface area contributed by atoms with Crippen molar-refractivity contribution in [3.63, 3.8) is 0 Å². The van der Waals surface area contributed by atoms with Gasteiger partial charge in [-0.15, -0.1) is 0 Å². The van der Waals surface area contributed by atoms with Gasteiger partial charge in [-0.3, -0.25) is 14.5 Å². The first kappa shape index (κ1) is 25.6. The second kappa shape index (κ2) is 11.1. The number of nitrogens with zero attached hydrogens (tertiary/aromatic N) is 2. The molecule has 3 aromatic carbocycles. The van der Waals surface area contributed by atoms with E-state index >= 15 is 0 Å². The maximum atomic E-state index is 13.6. The van der Waals surface area contributed by atoms with E-state index in [1.54, 1.807) is 61.7 Å². The number of carbonyl (C=O) groups is 2. The maximum absolute atomic E-state index is 13.6. The molecular weight excluding hydrogens is 517 g/mol. The Bertz CT molecular complexity index is 1400. The molecule has 0 spiro atoms. The lowest BCUT2D eigenvalue weighted by Crippen LogP contribution is -2.31. The quantitative estimate of drug-likeness (QED) is 0.291. The molecule has 4 rings (SSSR count). The number of rotatable bonds is 6. The molecule has 9 heteroatoms. The summed E-state index contributed by atoms with van der Waals surface area (Å²) in [4.78, 5) is 28.3. The SMILES string of the molecule is COc1ccc(N2C(=O)C(Cc3cccc(Cl)c3Cl)S/C2=C(/C#N)C(=O)Nc2ccccc2C)cc1. The van der Waals surface area contributed by atoms with Gasteiger partial charge in [0.15, 0.2) is 0 Å². The number of para-hydroxylation sites is 1. The minimum Gasteiger partial charge on any atom is -0.497 e. The van der Waals surface area contributed by atoms with Gasteiger partial charge in [0.25, 0.3) is 5.91 Å². The molecule has 1 fully saturated rings. The number of thioether (sulfide) groups is 1. The van der Waals surface area contributed by atoms with Gasteiger partial charge in [0, 0.05) is 11.4 Å². The van der Waals surface area contributed by atoms with Crippen molar-refractivity contribution in [2.75, 3.05) is 17.3 Å². The van der Waals surface area contributed by atoms with Gasteiger partial charge in [0.2, 0.25) is 5.91 Å².